The average Bonchev–Trinajstić information content (AvgIpc) is 2.30. The standard InChI is InChI=1S/C5H5N3O3S/c1-3-6-2-4(8(10)11)7(3)5(9)12/h2H,1H3,(H,9,12). The first-order chi connectivity index (χ1) is 5.54. The van der Waals surface area contributed by atoms with Crippen LogP contribution in [0.15, 0.2) is 6.20 Å². The van der Waals surface area contributed by atoms with Gasteiger partial charge in [-0.15, -0.1) is 4.57 Å². The number of rotatable bonds is 1. The third-order valence-electron chi connectivity index (χ3n) is 1.30. The van der Waals surface area contributed by atoms with E-state index in [2.05, 4.69) is 17.6 Å². The molecule has 12 heavy (non-hydrogen) atoms. The number of thiol groups is 1. The molecule has 0 aliphatic rings. The number of carbonyl (C=O) groups is 1. The largest absolute Gasteiger partial charge is 0.372 e. The summed E-state index contributed by atoms with van der Waals surface area (Å²) >= 11 is 3.47. The fraction of sp³-hybridized carbons (Fsp3) is 0.200. The molecule has 1 aromatic rings. The van der Waals surface area contributed by atoms with Crippen molar-refractivity contribution in [3.05, 3.63) is 22.1 Å². The van der Waals surface area contributed by atoms with Crippen molar-refractivity contribution in [1.29, 1.82) is 0 Å². The summed E-state index contributed by atoms with van der Waals surface area (Å²) in [6.45, 7) is 1.49. The van der Waals surface area contributed by atoms with Crippen LogP contribution in [-0.2, 0) is 0 Å². The first kappa shape index (κ1) is 8.72. The third-order valence-corrected chi connectivity index (χ3v) is 1.50. The molecule has 0 fully saturated rings. The number of imidazole rings is 1. The summed E-state index contributed by atoms with van der Waals surface area (Å²) < 4.78 is 0.823. The van der Waals surface area contributed by atoms with Crippen LogP contribution in [0.5, 0.6) is 0 Å². The van der Waals surface area contributed by atoms with Crippen LogP contribution in [0.4, 0.5) is 10.6 Å². The quantitative estimate of drug-likeness (QED) is 0.404. The van der Waals surface area contributed by atoms with Gasteiger partial charge in [0, 0.05) is 6.92 Å². The number of aromatic nitrogens is 2. The Balaban J connectivity index is 3.31. The second-order valence-electron chi connectivity index (χ2n) is 2.04. The van der Waals surface area contributed by atoms with E-state index in [1.54, 1.807) is 0 Å². The van der Waals surface area contributed by atoms with Gasteiger partial charge in [0.25, 0.3) is 0 Å². The zero-order valence-corrected chi connectivity index (χ0v) is 6.99. The molecule has 0 N–H and O–H groups in total. The summed E-state index contributed by atoms with van der Waals surface area (Å²) in [6.07, 6.45) is 1.02. The van der Waals surface area contributed by atoms with Crippen molar-refractivity contribution < 1.29 is 9.72 Å². The Hall–Kier alpha value is -1.37. The van der Waals surface area contributed by atoms with E-state index >= 15 is 0 Å². The van der Waals surface area contributed by atoms with E-state index in [0.29, 0.717) is 0 Å². The van der Waals surface area contributed by atoms with Crippen LogP contribution in [0.2, 0.25) is 0 Å². The maximum atomic E-state index is 10.7. The van der Waals surface area contributed by atoms with Crippen molar-refractivity contribution in [2.24, 2.45) is 0 Å². The topological polar surface area (TPSA) is 78.0 Å². The molecular formula is C5H5N3O3S. The molecular weight excluding hydrogens is 182 g/mol. The number of hydrogen-bond acceptors (Lipinski definition) is 4. The van der Waals surface area contributed by atoms with Gasteiger partial charge in [0.1, 0.15) is 6.20 Å². The normalized spacial score (nSPS) is 9.83. The van der Waals surface area contributed by atoms with Crippen LogP contribution in [-0.4, -0.2) is 19.7 Å². The Morgan fingerprint density at radius 2 is 2.42 bits per heavy atom. The molecule has 0 bridgehead atoms. The molecule has 1 rings (SSSR count). The average molecular weight is 187 g/mol. The molecule has 7 heteroatoms. The molecule has 0 atom stereocenters. The highest BCUT2D eigenvalue weighted by Gasteiger charge is 2.21. The van der Waals surface area contributed by atoms with Crippen molar-refractivity contribution in [3.63, 3.8) is 0 Å². The molecule has 0 unspecified atom stereocenters. The van der Waals surface area contributed by atoms with Crippen LogP contribution in [0.1, 0.15) is 5.82 Å². The van der Waals surface area contributed by atoms with Gasteiger partial charge in [-0.05, 0) is 4.92 Å². The van der Waals surface area contributed by atoms with Gasteiger partial charge in [-0.1, -0.05) is 12.6 Å². The fourth-order valence-corrected chi connectivity index (χ4v) is 1.04. The first-order valence-electron chi connectivity index (χ1n) is 2.96. The summed E-state index contributed by atoms with van der Waals surface area (Å²) in [7, 11) is 0. The summed E-state index contributed by atoms with van der Waals surface area (Å²) in [5, 5.41) is 9.59. The van der Waals surface area contributed by atoms with Crippen molar-refractivity contribution in [2.75, 3.05) is 0 Å². The van der Waals surface area contributed by atoms with Gasteiger partial charge in [0.05, 0.1) is 0 Å². The van der Waals surface area contributed by atoms with Crippen LogP contribution in [0.3, 0.4) is 0 Å². The van der Waals surface area contributed by atoms with E-state index < -0.39 is 10.2 Å². The van der Waals surface area contributed by atoms with Crippen LogP contribution in [0.25, 0.3) is 0 Å². The number of carbonyl (C=O) groups excluding carboxylic acids is 1. The minimum absolute atomic E-state index is 0.252. The van der Waals surface area contributed by atoms with Gasteiger partial charge < -0.3 is 10.1 Å². The Kier molecular flexibility index (Phi) is 2.13. The zero-order valence-electron chi connectivity index (χ0n) is 6.09. The second kappa shape index (κ2) is 2.94. The predicted octanol–water partition coefficient (Wildman–Crippen LogP) is 0.998. The van der Waals surface area contributed by atoms with Gasteiger partial charge in [-0.25, -0.2) is 9.78 Å². The SMILES string of the molecule is Cc1ncc([N+](=O)[O-])n1C(=O)S. The van der Waals surface area contributed by atoms with Crippen molar-refractivity contribution in [1.82, 2.24) is 9.55 Å². The summed E-state index contributed by atoms with van der Waals surface area (Å²) in [4.78, 5) is 24.0. The van der Waals surface area contributed by atoms with Gasteiger partial charge in [-0.3, -0.25) is 0 Å². The zero-order chi connectivity index (χ0) is 9.30. The Bertz CT molecular complexity index is 346. The van der Waals surface area contributed by atoms with Gasteiger partial charge >= 0.3 is 11.1 Å². The number of aryl methyl sites for hydroxylation is 1. The number of nitro groups is 1. The molecule has 0 radical (unpaired) electrons. The predicted molar refractivity (Wildman–Crippen MR) is 43.4 cm³/mol. The summed E-state index contributed by atoms with van der Waals surface area (Å²) in [6, 6.07) is 0. The van der Waals surface area contributed by atoms with Crippen molar-refractivity contribution in [3.8, 4) is 0 Å². The van der Waals surface area contributed by atoms with Gasteiger partial charge in [0.2, 0.25) is 5.82 Å². The molecule has 1 heterocycles. The highest BCUT2D eigenvalue weighted by molar-refractivity contribution is 7.96. The molecule has 0 saturated heterocycles. The minimum atomic E-state index is -0.711. The molecule has 0 aliphatic heterocycles. The molecule has 64 valence electrons. The van der Waals surface area contributed by atoms with Crippen molar-refractivity contribution in [2.45, 2.75) is 6.92 Å². The van der Waals surface area contributed by atoms with Crippen LogP contribution >= 0.6 is 12.6 Å². The van der Waals surface area contributed by atoms with E-state index in [-0.39, 0.29) is 11.6 Å². The number of hydrogen-bond donors (Lipinski definition) is 1. The monoisotopic (exact) mass is 187 g/mol. The summed E-state index contributed by atoms with van der Waals surface area (Å²) in [5.74, 6) is -0.116. The Morgan fingerprint density at radius 3 is 2.75 bits per heavy atom. The molecule has 6 nitrogen and oxygen atoms in total. The lowest BCUT2D eigenvalue weighted by atomic mass is 10.7. The van der Waals surface area contributed by atoms with E-state index in [9.17, 15) is 14.9 Å². The van der Waals surface area contributed by atoms with Crippen LogP contribution < -0.4 is 0 Å². The number of nitrogens with zero attached hydrogens (tertiary/aromatic N) is 3. The maximum Gasteiger partial charge on any atom is 0.372 e. The molecule has 0 aromatic carbocycles. The van der Waals surface area contributed by atoms with Gasteiger partial charge in [-0.2, -0.15) is 0 Å². The third kappa shape index (κ3) is 1.30. The van der Waals surface area contributed by atoms with Gasteiger partial charge in [0.15, 0.2) is 0 Å². The lowest BCUT2D eigenvalue weighted by Crippen LogP contribution is -2.08. The van der Waals surface area contributed by atoms with Crippen LogP contribution in [0, 0.1) is 17.0 Å². The molecule has 0 spiro atoms. The van der Waals surface area contributed by atoms with Crippen molar-refractivity contribution >= 4 is 23.7 Å². The second-order valence-corrected chi connectivity index (χ2v) is 2.42. The molecule has 0 aliphatic carbocycles. The smallest absolute Gasteiger partial charge is 0.358 e. The Labute approximate surface area is 72.8 Å². The van der Waals surface area contributed by atoms with E-state index in [0.717, 1.165) is 10.8 Å². The highest BCUT2D eigenvalue weighted by atomic mass is 32.1. The lowest BCUT2D eigenvalue weighted by Gasteiger charge is -1.94. The van der Waals surface area contributed by atoms with E-state index in [4.69, 9.17) is 0 Å². The summed E-state index contributed by atoms with van der Waals surface area (Å²) in [5.41, 5.74) is 0. The Morgan fingerprint density at radius 1 is 1.83 bits per heavy atom. The lowest BCUT2D eigenvalue weighted by molar-refractivity contribution is -0.390. The molecule has 0 saturated carbocycles. The first-order valence-corrected chi connectivity index (χ1v) is 3.41. The molecule has 0 amide bonds. The van der Waals surface area contributed by atoms with E-state index in [1.165, 1.54) is 6.92 Å². The maximum absolute atomic E-state index is 10.7. The highest BCUT2D eigenvalue weighted by Crippen LogP contribution is 2.14. The fourth-order valence-electron chi connectivity index (χ4n) is 0.798. The molecule has 1 aromatic heterocycles. The minimum Gasteiger partial charge on any atom is -0.358 e. The van der Waals surface area contributed by atoms with E-state index in [1.807, 2.05) is 0 Å².